The quantitative estimate of drug-likeness (QED) is 0.797. The summed E-state index contributed by atoms with van der Waals surface area (Å²) in [5, 5.41) is 9.21. The molecule has 0 aromatic heterocycles. The Morgan fingerprint density at radius 2 is 1.62 bits per heavy atom. The summed E-state index contributed by atoms with van der Waals surface area (Å²) in [5.74, 6) is 0. The van der Waals surface area contributed by atoms with Crippen LogP contribution in [-0.4, -0.2) is 33.7 Å². The minimum atomic E-state index is 0.275. The van der Waals surface area contributed by atoms with Gasteiger partial charge in [0.2, 0.25) is 0 Å². The minimum absolute atomic E-state index is 0.275. The first-order valence-corrected chi connectivity index (χ1v) is 6.75. The van der Waals surface area contributed by atoms with Gasteiger partial charge in [0.05, 0.1) is 0 Å². The molecule has 0 radical (unpaired) electrons. The molecule has 0 aromatic rings. The molecule has 2 nitrogen and oxygen atoms in total. The van der Waals surface area contributed by atoms with Gasteiger partial charge in [-0.2, -0.15) is 0 Å². The van der Waals surface area contributed by atoms with E-state index >= 15 is 0 Å². The van der Waals surface area contributed by atoms with Gasteiger partial charge in [0.1, 0.15) is 0 Å². The molecule has 0 saturated carbocycles. The Morgan fingerprint density at radius 1 is 1.12 bits per heavy atom. The molecule has 1 heterocycles. The van der Waals surface area contributed by atoms with Crippen molar-refractivity contribution in [3.05, 3.63) is 0 Å². The molecule has 0 aliphatic carbocycles. The molecule has 2 heteroatoms. The van der Waals surface area contributed by atoms with Crippen LogP contribution in [-0.2, 0) is 0 Å². The van der Waals surface area contributed by atoms with Gasteiger partial charge >= 0.3 is 0 Å². The zero-order chi connectivity index (χ0) is 12.4. The Kier molecular flexibility index (Phi) is 4.42. The summed E-state index contributed by atoms with van der Waals surface area (Å²) < 4.78 is 0. The van der Waals surface area contributed by atoms with Gasteiger partial charge in [-0.1, -0.05) is 6.92 Å². The molecule has 1 aliphatic heterocycles. The van der Waals surface area contributed by atoms with Crippen molar-refractivity contribution in [2.45, 2.75) is 83.8 Å². The number of nitrogens with zero attached hydrogens (tertiary/aromatic N) is 1. The molecule has 0 spiro atoms. The van der Waals surface area contributed by atoms with E-state index < -0.39 is 0 Å². The number of likely N-dealkylation sites (tertiary alicyclic amines) is 1. The fraction of sp³-hybridized carbons (Fsp3) is 1.00. The number of aliphatic hydroxyl groups excluding tert-OH is 1. The van der Waals surface area contributed by atoms with Gasteiger partial charge < -0.3 is 5.11 Å². The second-order valence-electron chi connectivity index (χ2n) is 6.42. The molecule has 0 amide bonds. The molecule has 1 aliphatic rings. The van der Waals surface area contributed by atoms with Crippen molar-refractivity contribution in [2.75, 3.05) is 6.61 Å². The van der Waals surface area contributed by atoms with Crippen LogP contribution in [0.5, 0.6) is 0 Å². The summed E-state index contributed by atoms with van der Waals surface area (Å²) in [6.07, 6.45) is 5.92. The highest BCUT2D eigenvalue weighted by atomic mass is 16.3. The first-order valence-electron chi connectivity index (χ1n) is 6.75. The largest absolute Gasteiger partial charge is 0.396 e. The predicted octanol–water partition coefficient (Wildman–Crippen LogP) is 3.19. The zero-order valence-electron chi connectivity index (χ0n) is 11.7. The van der Waals surface area contributed by atoms with Crippen LogP contribution in [0.15, 0.2) is 0 Å². The normalized spacial score (nSPS) is 26.6. The monoisotopic (exact) mass is 227 g/mol. The van der Waals surface area contributed by atoms with E-state index in [0.717, 1.165) is 12.8 Å². The van der Waals surface area contributed by atoms with Crippen LogP contribution in [0.2, 0.25) is 0 Å². The van der Waals surface area contributed by atoms with Crippen molar-refractivity contribution in [2.24, 2.45) is 0 Å². The van der Waals surface area contributed by atoms with Gasteiger partial charge in [-0.15, -0.1) is 0 Å². The van der Waals surface area contributed by atoms with E-state index in [4.69, 9.17) is 0 Å². The summed E-state index contributed by atoms with van der Waals surface area (Å²) in [4.78, 5) is 2.67. The number of rotatable bonds is 4. The molecule has 1 atom stereocenters. The second kappa shape index (κ2) is 5.05. The van der Waals surface area contributed by atoms with Gasteiger partial charge in [0.15, 0.2) is 0 Å². The molecule has 16 heavy (non-hydrogen) atoms. The van der Waals surface area contributed by atoms with Crippen LogP contribution < -0.4 is 0 Å². The maximum atomic E-state index is 9.21. The molecule has 1 unspecified atom stereocenters. The summed E-state index contributed by atoms with van der Waals surface area (Å²) in [5.41, 5.74) is 0.551. The van der Waals surface area contributed by atoms with Crippen molar-refractivity contribution in [1.29, 1.82) is 0 Å². The van der Waals surface area contributed by atoms with Crippen LogP contribution in [0.4, 0.5) is 0 Å². The van der Waals surface area contributed by atoms with E-state index in [2.05, 4.69) is 39.5 Å². The van der Waals surface area contributed by atoms with Crippen molar-refractivity contribution < 1.29 is 5.11 Å². The summed E-state index contributed by atoms with van der Waals surface area (Å²) in [6, 6.07) is 0.523. The highest BCUT2D eigenvalue weighted by molar-refractivity contribution is 4.99. The third kappa shape index (κ3) is 2.78. The topological polar surface area (TPSA) is 23.5 Å². The summed E-state index contributed by atoms with van der Waals surface area (Å²) >= 11 is 0. The fourth-order valence-electron chi connectivity index (χ4n) is 3.67. The smallest absolute Gasteiger partial charge is 0.0445 e. The molecule has 1 saturated heterocycles. The Labute approximate surface area is 101 Å². The molecule has 1 fully saturated rings. The maximum Gasteiger partial charge on any atom is 0.0445 e. The first-order chi connectivity index (χ1) is 7.35. The van der Waals surface area contributed by atoms with Crippen LogP contribution in [0.3, 0.4) is 0 Å². The van der Waals surface area contributed by atoms with Gasteiger partial charge in [-0.3, -0.25) is 4.90 Å². The number of hydrogen-bond donors (Lipinski definition) is 1. The molecule has 0 bridgehead atoms. The van der Waals surface area contributed by atoms with E-state index in [1.165, 1.54) is 19.3 Å². The Balaban J connectivity index is 2.92. The SMILES string of the molecule is CCC(CCO)N1C(C)(C)CCCC1(C)C. The number of hydrogen-bond acceptors (Lipinski definition) is 2. The van der Waals surface area contributed by atoms with Crippen molar-refractivity contribution in [1.82, 2.24) is 4.90 Å². The van der Waals surface area contributed by atoms with Gasteiger partial charge in [-0.05, 0) is 59.8 Å². The minimum Gasteiger partial charge on any atom is -0.396 e. The highest BCUT2D eigenvalue weighted by Gasteiger charge is 2.43. The summed E-state index contributed by atoms with van der Waals surface area (Å²) in [7, 11) is 0. The van der Waals surface area contributed by atoms with Crippen molar-refractivity contribution >= 4 is 0 Å². The van der Waals surface area contributed by atoms with Crippen LogP contribution in [0, 0.1) is 0 Å². The summed E-state index contributed by atoms with van der Waals surface area (Å²) in [6.45, 7) is 12.0. The standard InChI is InChI=1S/C14H29NO/c1-6-12(8-11-16)15-13(2,3)9-7-10-14(15,4)5/h12,16H,6-11H2,1-5H3. The Morgan fingerprint density at radius 3 is 2.00 bits per heavy atom. The lowest BCUT2D eigenvalue weighted by molar-refractivity contribution is -0.0676. The molecule has 96 valence electrons. The van der Waals surface area contributed by atoms with Crippen molar-refractivity contribution in [3.63, 3.8) is 0 Å². The van der Waals surface area contributed by atoms with E-state index in [1.54, 1.807) is 0 Å². The maximum absolute atomic E-state index is 9.21. The lowest BCUT2D eigenvalue weighted by Crippen LogP contribution is -2.62. The van der Waals surface area contributed by atoms with Crippen LogP contribution >= 0.6 is 0 Å². The molecule has 1 rings (SSSR count). The fourth-order valence-corrected chi connectivity index (χ4v) is 3.67. The Bertz CT molecular complexity index is 207. The molecule has 1 N–H and O–H groups in total. The third-order valence-corrected chi connectivity index (χ3v) is 4.18. The number of piperidine rings is 1. The Hall–Kier alpha value is -0.0800. The lowest BCUT2D eigenvalue weighted by atomic mass is 9.77. The van der Waals surface area contributed by atoms with E-state index in [9.17, 15) is 5.11 Å². The van der Waals surface area contributed by atoms with Crippen molar-refractivity contribution in [3.8, 4) is 0 Å². The molecular formula is C14H29NO. The average molecular weight is 227 g/mol. The van der Waals surface area contributed by atoms with E-state index in [-0.39, 0.29) is 11.1 Å². The zero-order valence-corrected chi connectivity index (χ0v) is 11.7. The highest BCUT2D eigenvalue weighted by Crippen LogP contribution is 2.40. The van der Waals surface area contributed by atoms with Crippen LogP contribution in [0.25, 0.3) is 0 Å². The molecular weight excluding hydrogens is 198 g/mol. The van der Waals surface area contributed by atoms with Gasteiger partial charge in [-0.25, -0.2) is 0 Å². The van der Waals surface area contributed by atoms with E-state index in [1.807, 2.05) is 0 Å². The predicted molar refractivity (Wildman–Crippen MR) is 69.6 cm³/mol. The van der Waals surface area contributed by atoms with Gasteiger partial charge in [0.25, 0.3) is 0 Å². The van der Waals surface area contributed by atoms with Gasteiger partial charge in [0, 0.05) is 23.7 Å². The lowest BCUT2D eigenvalue weighted by Gasteiger charge is -2.56. The van der Waals surface area contributed by atoms with Crippen LogP contribution in [0.1, 0.15) is 66.7 Å². The second-order valence-corrected chi connectivity index (χ2v) is 6.42. The number of aliphatic hydroxyl groups is 1. The molecule has 0 aromatic carbocycles. The first kappa shape index (κ1) is 14.0. The van der Waals surface area contributed by atoms with E-state index in [0.29, 0.717) is 12.6 Å². The average Bonchev–Trinajstić information content (AvgIpc) is 2.13. The third-order valence-electron chi connectivity index (χ3n) is 4.18.